The molecule has 3 aliphatic rings. The van der Waals surface area contributed by atoms with E-state index in [0.717, 1.165) is 77.3 Å². The molecule has 1 aliphatic carbocycles. The van der Waals surface area contributed by atoms with Crippen LogP contribution in [-0.2, 0) is 46.9 Å². The molecule has 0 bridgehead atoms. The number of halogens is 1. The molecular weight excluding hydrogens is 1610 g/mol. The third-order valence-electron chi connectivity index (χ3n) is 22.9. The number of aromatic hydroxyl groups is 1. The molecule has 0 spiro atoms. The molecule has 18 heteroatoms. The molecular formula is C96H100IN4O9S4+. The van der Waals surface area contributed by atoms with Crippen LogP contribution in [0.2, 0.25) is 0 Å². The highest BCUT2D eigenvalue weighted by Crippen LogP contribution is 2.50. The van der Waals surface area contributed by atoms with E-state index in [-0.39, 0.29) is 68.2 Å². The Bertz CT molecular complexity index is 6110. The Balaban J connectivity index is 0.000000168. The average Bonchev–Trinajstić information content (AvgIpc) is 1.58. The number of benzene rings is 6. The molecule has 0 radical (unpaired) electrons. The maximum absolute atomic E-state index is 13.9. The van der Waals surface area contributed by atoms with Gasteiger partial charge in [-0.05, 0) is 193 Å². The molecule has 0 fully saturated rings. The van der Waals surface area contributed by atoms with Crippen LogP contribution in [0.5, 0.6) is 17.2 Å². The number of fused-ring (bicyclic) bond motifs is 8. The molecule has 0 unspecified atom stereocenters. The maximum atomic E-state index is 13.9. The van der Waals surface area contributed by atoms with Crippen LogP contribution in [0.1, 0.15) is 195 Å². The number of carbonyl (C=O) groups excluding carboxylic acids is 3. The number of hydrogen-bond donors (Lipinski definition) is 2. The van der Waals surface area contributed by atoms with Crippen LogP contribution in [0, 0.1) is 0 Å². The number of thiophene rings is 4. The Labute approximate surface area is 700 Å². The van der Waals surface area contributed by atoms with Crippen LogP contribution in [0.25, 0.3) is 89.1 Å². The first kappa shape index (κ1) is 82.5. The van der Waals surface area contributed by atoms with Gasteiger partial charge in [-0.25, -0.2) is 0 Å². The van der Waals surface area contributed by atoms with Crippen molar-refractivity contribution in [1.29, 1.82) is 0 Å². The summed E-state index contributed by atoms with van der Waals surface area (Å²) in [5, 5.41) is 28.6. The van der Waals surface area contributed by atoms with Crippen LogP contribution in [0.15, 0.2) is 185 Å². The minimum absolute atomic E-state index is 0. The summed E-state index contributed by atoms with van der Waals surface area (Å²) in [5.41, 5.74) is 15.9. The first-order valence-electron chi connectivity index (χ1n) is 39.0. The van der Waals surface area contributed by atoms with Gasteiger partial charge in [-0.3, -0.25) is 24.0 Å². The third-order valence-corrected chi connectivity index (χ3v) is 27.6. The first-order chi connectivity index (χ1) is 53.4. The molecule has 13 aromatic rings. The lowest BCUT2D eigenvalue weighted by molar-refractivity contribution is -0.439. The van der Waals surface area contributed by atoms with Gasteiger partial charge in [0, 0.05) is 99.9 Å². The van der Waals surface area contributed by atoms with Crippen LogP contribution in [0.4, 0.5) is 11.4 Å². The number of hydrogen-bond acceptors (Lipinski definition) is 13. The van der Waals surface area contributed by atoms with Crippen molar-refractivity contribution in [2.75, 3.05) is 13.1 Å². The number of nitrogens with zero attached hydrogens (tertiary/aromatic N) is 4. The molecule has 588 valence electrons. The van der Waals surface area contributed by atoms with E-state index in [9.17, 15) is 34.2 Å². The molecule has 0 saturated carbocycles. The lowest BCUT2D eigenvalue weighted by Gasteiger charge is -2.22. The van der Waals surface area contributed by atoms with Gasteiger partial charge in [-0.15, -0.1) is 45.3 Å². The number of aliphatic hydroxyl groups is 1. The highest BCUT2D eigenvalue weighted by molar-refractivity contribution is 7.25. The number of rotatable bonds is 17. The summed E-state index contributed by atoms with van der Waals surface area (Å²) in [5.74, 6) is 0.546. The second kappa shape index (κ2) is 31.0. The van der Waals surface area contributed by atoms with E-state index in [1.54, 1.807) is 34.8 Å². The number of Topliss-reactive ketones (excluding diaryl/α,β-unsaturated/α-hetero) is 1. The van der Waals surface area contributed by atoms with Crippen molar-refractivity contribution < 1.29 is 67.2 Å². The smallest absolute Gasteiger partial charge is 0.298 e. The summed E-state index contributed by atoms with van der Waals surface area (Å²) in [6.45, 7) is 45.0. The molecule has 6 aromatic heterocycles. The number of allylic oxidation sites excluding steroid dienone is 3. The second-order valence-electron chi connectivity index (χ2n) is 35.2. The van der Waals surface area contributed by atoms with Crippen molar-refractivity contribution >= 4 is 136 Å². The van der Waals surface area contributed by atoms with Crippen LogP contribution in [-0.4, -0.2) is 71.7 Å². The van der Waals surface area contributed by atoms with Crippen molar-refractivity contribution in [3.63, 3.8) is 0 Å². The SMILES string of the molecule is CC(C)(C)c1ccc2c(c1)c1cc(C(C)(C)C)ccc1n2-c1ccc(-c2ccc(-c3c(O)c(=O)c3=O)s2)s1.CCCC[N+]1=C(/C=C2/C(=O)C(c3ccc(-c4ccc(-n5c6ccc(C(C)(C)C)cc6c6cc(C(C)(C)C)ccc65)s4)s3)=C2O)C(C)(C)c2cc(OC=O)ccc21.CCCC[N+]1=C(C)C(C)(C)c2cc(OC=O)ccc21.[I-]. The summed E-state index contributed by atoms with van der Waals surface area (Å²) in [7, 11) is 0. The summed E-state index contributed by atoms with van der Waals surface area (Å²) >= 11 is 6.37. The molecule has 2 N–H and O–H groups in total. The zero-order chi connectivity index (χ0) is 81.1. The molecule has 2 aliphatic heterocycles. The topological polar surface area (TPSA) is 160 Å². The van der Waals surface area contributed by atoms with Crippen molar-refractivity contribution in [1.82, 2.24) is 9.13 Å². The number of aliphatic hydroxyl groups excluding tert-OH is 1. The van der Waals surface area contributed by atoms with E-state index in [1.807, 2.05) is 42.5 Å². The van der Waals surface area contributed by atoms with Gasteiger partial charge >= 0.3 is 0 Å². The predicted octanol–water partition coefficient (Wildman–Crippen LogP) is 20.9. The van der Waals surface area contributed by atoms with Crippen LogP contribution in [0.3, 0.4) is 0 Å². The summed E-state index contributed by atoms with van der Waals surface area (Å²) in [6.07, 6.45) is 6.20. The largest absolute Gasteiger partial charge is 1.00 e. The average molecular weight is 1710 g/mol. The highest BCUT2D eigenvalue weighted by atomic mass is 127. The lowest BCUT2D eigenvalue weighted by Crippen LogP contribution is -3.00. The molecule has 0 amide bonds. The molecule has 0 atom stereocenters. The Morgan fingerprint density at radius 3 is 1.21 bits per heavy atom. The predicted molar refractivity (Wildman–Crippen MR) is 471 cm³/mol. The van der Waals surface area contributed by atoms with Gasteiger partial charge in [0.25, 0.3) is 18.4 Å². The molecule has 16 rings (SSSR count). The number of aromatic nitrogens is 2. The van der Waals surface area contributed by atoms with E-state index < -0.39 is 22.0 Å². The first-order valence-corrected chi connectivity index (χ1v) is 42.2. The number of ketones is 1. The Morgan fingerprint density at radius 1 is 0.447 bits per heavy atom. The minimum Gasteiger partial charge on any atom is -1.00 e. The minimum atomic E-state index is -0.802. The third kappa shape index (κ3) is 14.9. The summed E-state index contributed by atoms with van der Waals surface area (Å²) in [6, 6.07) is 55.3. The van der Waals surface area contributed by atoms with E-state index in [0.29, 0.717) is 40.5 Å². The summed E-state index contributed by atoms with van der Waals surface area (Å²) in [4.78, 5) is 64.4. The van der Waals surface area contributed by atoms with Gasteiger partial charge in [-0.1, -0.05) is 134 Å². The molecule has 7 aromatic carbocycles. The van der Waals surface area contributed by atoms with E-state index in [4.69, 9.17) is 9.47 Å². The van der Waals surface area contributed by atoms with Crippen molar-refractivity contribution in [2.24, 2.45) is 0 Å². The van der Waals surface area contributed by atoms with Crippen molar-refractivity contribution in [3.05, 3.63) is 234 Å². The Kier molecular flexibility index (Phi) is 22.4. The number of ether oxygens (including phenoxy) is 2. The van der Waals surface area contributed by atoms with E-state index >= 15 is 0 Å². The van der Waals surface area contributed by atoms with Crippen molar-refractivity contribution in [3.8, 4) is 57.2 Å². The Hall–Kier alpha value is -9.44. The molecule has 114 heavy (non-hydrogen) atoms. The van der Waals surface area contributed by atoms with Gasteiger partial charge in [0.2, 0.25) is 22.6 Å². The normalized spacial score (nSPS) is 15.0. The fraction of sp³-hybridized carbons (Fsp3) is 0.323. The zero-order valence-electron chi connectivity index (χ0n) is 68.5. The molecule has 13 nitrogen and oxygen atoms in total. The quantitative estimate of drug-likeness (QED) is 0.0297. The second-order valence-corrected chi connectivity index (χ2v) is 39.5. The monoisotopic (exact) mass is 1710 g/mol. The van der Waals surface area contributed by atoms with Crippen LogP contribution < -0.4 is 44.3 Å². The summed E-state index contributed by atoms with van der Waals surface area (Å²) < 4.78 is 19.5. The lowest BCUT2D eigenvalue weighted by atomic mass is 9.78. The highest BCUT2D eigenvalue weighted by Gasteiger charge is 2.48. The fourth-order valence-corrected chi connectivity index (χ4v) is 20.1. The van der Waals surface area contributed by atoms with Gasteiger partial charge in [-0.2, -0.15) is 9.15 Å². The van der Waals surface area contributed by atoms with Gasteiger partial charge in [0.05, 0.1) is 49.6 Å². The molecule has 8 heterocycles. The van der Waals surface area contributed by atoms with Gasteiger partial charge in [0.15, 0.2) is 17.2 Å². The Morgan fingerprint density at radius 2 is 0.816 bits per heavy atom. The standard InChI is InChI=1S/C48H48N2O4S2.C32H29NO3S2.C16H22NO2.HI/c1-10-11-22-49-37-17-14-30(54-27-51)25-34(37)48(8,9)41(49)26-33-44(52)43(45(33)53)40-19-18-38(55-40)39-20-21-42(56-39)50-35-15-12-28(46(2,3)4)23-31(35)32-24-29(47(5,6)7)13-16-36(32)50;1-31(2,3)17-7-9-21-19(15-17)20-16-18(32(4,5)6)8-10-22(20)33(21)26-14-13-24(38-26)23-11-12-25(37-23)27-28(34)30(36)29(27)35;1-5-6-9-17-12(2)16(3,4)14-10-13(19-11-18)7-8-15(14)17;/h12-21,23-27H,10-11,22H2,1-9H3;7-16,34H,1-6H3;7-8,10-11H,5-6,9H2,1-4H3;1H/q;;+1;. The van der Waals surface area contributed by atoms with Crippen LogP contribution >= 0.6 is 45.3 Å². The maximum Gasteiger partial charge on any atom is 0.298 e. The van der Waals surface area contributed by atoms with Gasteiger partial charge in [0.1, 0.15) is 40.3 Å². The zero-order valence-corrected chi connectivity index (χ0v) is 74.0. The van der Waals surface area contributed by atoms with E-state index in [2.05, 4.69) is 259 Å². The molecule has 0 saturated heterocycles. The van der Waals surface area contributed by atoms with E-state index in [1.165, 1.54) is 118 Å². The fourth-order valence-electron chi connectivity index (χ4n) is 15.8. The number of unbranched alkanes of at least 4 members (excludes halogenated alkanes) is 2. The van der Waals surface area contributed by atoms with Crippen molar-refractivity contribution in [2.45, 2.75) is 190 Å². The van der Waals surface area contributed by atoms with Gasteiger partial charge < -0.3 is 52.8 Å². The number of carbonyl (C=O) groups is 3.